The zero-order valence-electron chi connectivity index (χ0n) is 12.2. The van der Waals surface area contributed by atoms with Gasteiger partial charge in [-0.15, -0.1) is 0 Å². The van der Waals surface area contributed by atoms with Crippen molar-refractivity contribution in [1.82, 2.24) is 0 Å². The number of ketones is 1. The van der Waals surface area contributed by atoms with Crippen molar-refractivity contribution in [2.75, 3.05) is 0 Å². The molecule has 0 radical (unpaired) electrons. The number of benzene rings is 1. The molecule has 0 saturated carbocycles. The molecule has 1 unspecified atom stereocenters. The second-order valence-electron chi connectivity index (χ2n) is 6.10. The first kappa shape index (κ1) is 16.0. The van der Waals surface area contributed by atoms with E-state index in [1.807, 2.05) is 12.1 Å². The number of Topliss-reactive ketones (excluding diaryl/α,β-unsaturated/α-hetero) is 1. The average Bonchev–Trinajstić information content (AvgIpc) is 2.27. The minimum Gasteiger partial charge on any atom is -0.483 e. The van der Waals surface area contributed by atoms with Gasteiger partial charge in [0.2, 0.25) is 0 Å². The van der Waals surface area contributed by atoms with E-state index in [0.717, 1.165) is 12.8 Å². The van der Waals surface area contributed by atoms with Crippen LogP contribution in [0.5, 0.6) is 5.75 Å². The van der Waals surface area contributed by atoms with Crippen molar-refractivity contribution < 1.29 is 9.53 Å². The molecule has 1 rings (SSSR count). The van der Waals surface area contributed by atoms with Crippen molar-refractivity contribution in [1.29, 1.82) is 0 Å². The van der Waals surface area contributed by atoms with E-state index in [9.17, 15) is 4.79 Å². The summed E-state index contributed by atoms with van der Waals surface area (Å²) < 4.78 is 5.61. The molecule has 0 aliphatic heterocycles. The van der Waals surface area contributed by atoms with Gasteiger partial charge in [-0.05, 0) is 43.4 Å². The maximum atomic E-state index is 12.0. The molecule has 3 heteroatoms. The quantitative estimate of drug-likeness (QED) is 0.742. The van der Waals surface area contributed by atoms with Crippen LogP contribution in [0.2, 0.25) is 5.02 Å². The lowest BCUT2D eigenvalue weighted by Gasteiger charge is -2.18. The smallest absolute Gasteiger partial charge is 0.172 e. The molecule has 0 aliphatic carbocycles. The van der Waals surface area contributed by atoms with E-state index < -0.39 is 6.10 Å². The fourth-order valence-corrected chi connectivity index (χ4v) is 1.99. The van der Waals surface area contributed by atoms with Crippen molar-refractivity contribution in [3.8, 4) is 5.75 Å². The Bertz CT molecular complexity index is 421. The van der Waals surface area contributed by atoms with Gasteiger partial charge in [0.15, 0.2) is 11.9 Å². The number of carbonyl (C=O) groups is 1. The summed E-state index contributed by atoms with van der Waals surface area (Å²) in [5.41, 5.74) is 0.275. The molecule has 0 fully saturated rings. The zero-order chi connectivity index (χ0) is 14.5. The molecule has 0 aromatic heterocycles. The minimum atomic E-state index is -0.418. The molecule has 0 amide bonds. The maximum absolute atomic E-state index is 12.0. The van der Waals surface area contributed by atoms with Gasteiger partial charge in [0.05, 0.1) is 0 Å². The lowest BCUT2D eigenvalue weighted by atomic mass is 9.89. The summed E-state index contributed by atoms with van der Waals surface area (Å²) in [4.78, 5) is 12.0. The molecular formula is C16H23ClO2. The van der Waals surface area contributed by atoms with Crippen molar-refractivity contribution >= 4 is 17.4 Å². The summed E-state index contributed by atoms with van der Waals surface area (Å²) in [6, 6.07) is 7.13. The molecule has 2 nitrogen and oxygen atoms in total. The predicted octanol–water partition coefficient (Wildman–Crippen LogP) is 4.89. The summed E-state index contributed by atoms with van der Waals surface area (Å²) in [6.07, 6.45) is 2.10. The highest BCUT2D eigenvalue weighted by atomic mass is 35.5. The van der Waals surface area contributed by atoms with Crippen molar-refractivity contribution in [2.24, 2.45) is 5.41 Å². The first-order valence-corrected chi connectivity index (χ1v) is 7.11. The van der Waals surface area contributed by atoms with Crippen LogP contribution >= 0.6 is 11.6 Å². The largest absolute Gasteiger partial charge is 0.483 e. The minimum absolute atomic E-state index is 0.143. The van der Waals surface area contributed by atoms with Gasteiger partial charge < -0.3 is 4.74 Å². The summed E-state index contributed by atoms with van der Waals surface area (Å²) in [7, 11) is 0. The van der Waals surface area contributed by atoms with Crippen molar-refractivity contribution in [3.63, 3.8) is 0 Å². The lowest BCUT2D eigenvalue weighted by Crippen LogP contribution is -2.24. The Morgan fingerprint density at radius 2 is 2.05 bits per heavy atom. The van der Waals surface area contributed by atoms with Gasteiger partial charge in [-0.3, -0.25) is 4.79 Å². The molecule has 0 saturated heterocycles. The molecular weight excluding hydrogens is 260 g/mol. The fraction of sp³-hybridized carbons (Fsp3) is 0.562. The summed E-state index contributed by atoms with van der Waals surface area (Å²) in [5, 5.41) is 0.616. The Kier molecular flexibility index (Phi) is 5.86. The van der Waals surface area contributed by atoms with Crippen molar-refractivity contribution in [2.45, 2.75) is 53.1 Å². The van der Waals surface area contributed by atoms with Gasteiger partial charge in [-0.25, -0.2) is 0 Å². The highest BCUT2D eigenvalue weighted by Gasteiger charge is 2.16. The first-order valence-electron chi connectivity index (χ1n) is 6.73. The van der Waals surface area contributed by atoms with Crippen LogP contribution in [0.1, 0.15) is 47.0 Å². The molecule has 0 spiro atoms. The van der Waals surface area contributed by atoms with Crippen LogP contribution in [0.25, 0.3) is 0 Å². The fourth-order valence-electron chi connectivity index (χ4n) is 1.81. The topological polar surface area (TPSA) is 26.3 Å². The van der Waals surface area contributed by atoms with Crippen LogP contribution in [-0.4, -0.2) is 11.9 Å². The highest BCUT2D eigenvalue weighted by Crippen LogP contribution is 2.22. The second-order valence-corrected chi connectivity index (χ2v) is 6.53. The second kappa shape index (κ2) is 6.95. The van der Waals surface area contributed by atoms with Gasteiger partial charge in [0.1, 0.15) is 5.75 Å². The third-order valence-corrected chi connectivity index (χ3v) is 3.15. The molecule has 19 heavy (non-hydrogen) atoms. The predicted molar refractivity (Wildman–Crippen MR) is 79.9 cm³/mol. The first-order chi connectivity index (χ1) is 8.78. The third-order valence-electron chi connectivity index (χ3n) is 2.91. The van der Waals surface area contributed by atoms with E-state index in [1.165, 1.54) is 0 Å². The Labute approximate surface area is 121 Å². The van der Waals surface area contributed by atoms with E-state index in [0.29, 0.717) is 17.2 Å². The van der Waals surface area contributed by atoms with Gasteiger partial charge >= 0.3 is 0 Å². The zero-order valence-corrected chi connectivity index (χ0v) is 13.0. The Morgan fingerprint density at radius 3 is 2.63 bits per heavy atom. The van der Waals surface area contributed by atoms with E-state index in [1.54, 1.807) is 19.1 Å². The number of hydrogen-bond acceptors (Lipinski definition) is 2. The van der Waals surface area contributed by atoms with Crippen LogP contribution in [0.3, 0.4) is 0 Å². The Hall–Kier alpha value is -1.02. The maximum Gasteiger partial charge on any atom is 0.172 e. The average molecular weight is 283 g/mol. The Balaban J connectivity index is 2.41. The van der Waals surface area contributed by atoms with Crippen LogP contribution in [0, 0.1) is 5.41 Å². The van der Waals surface area contributed by atoms with E-state index >= 15 is 0 Å². The van der Waals surface area contributed by atoms with Gasteiger partial charge in [0.25, 0.3) is 0 Å². The van der Waals surface area contributed by atoms with Crippen LogP contribution in [0.15, 0.2) is 24.3 Å². The highest BCUT2D eigenvalue weighted by molar-refractivity contribution is 6.30. The number of halogens is 1. The lowest BCUT2D eigenvalue weighted by molar-refractivity contribution is -0.125. The number of carbonyl (C=O) groups excluding carboxylic acids is 1. The van der Waals surface area contributed by atoms with E-state index in [-0.39, 0.29) is 11.2 Å². The van der Waals surface area contributed by atoms with Gasteiger partial charge in [-0.2, -0.15) is 0 Å². The molecule has 1 aromatic carbocycles. The molecule has 1 atom stereocenters. The Morgan fingerprint density at radius 1 is 1.37 bits per heavy atom. The molecule has 106 valence electrons. The monoisotopic (exact) mass is 282 g/mol. The number of hydrogen-bond donors (Lipinski definition) is 0. The van der Waals surface area contributed by atoms with E-state index in [4.69, 9.17) is 16.3 Å². The molecule has 1 aromatic rings. The number of rotatable bonds is 6. The molecule has 0 heterocycles. The van der Waals surface area contributed by atoms with Crippen molar-refractivity contribution in [3.05, 3.63) is 29.3 Å². The van der Waals surface area contributed by atoms with Crippen LogP contribution in [-0.2, 0) is 4.79 Å². The molecule has 0 aliphatic rings. The molecule has 0 bridgehead atoms. The number of ether oxygens (including phenoxy) is 1. The van der Waals surface area contributed by atoms with Crippen LogP contribution < -0.4 is 4.74 Å². The SMILES string of the molecule is CC(Oc1cccc(Cl)c1)C(=O)CCCC(C)(C)C. The normalized spacial score (nSPS) is 13.1. The summed E-state index contributed by atoms with van der Waals surface area (Å²) >= 11 is 5.88. The summed E-state index contributed by atoms with van der Waals surface area (Å²) in [5.74, 6) is 0.786. The third kappa shape index (κ3) is 6.63. The van der Waals surface area contributed by atoms with Gasteiger partial charge in [0, 0.05) is 11.4 Å². The van der Waals surface area contributed by atoms with Crippen LogP contribution in [0.4, 0.5) is 0 Å². The van der Waals surface area contributed by atoms with E-state index in [2.05, 4.69) is 20.8 Å². The molecule has 0 N–H and O–H groups in total. The summed E-state index contributed by atoms with van der Waals surface area (Å²) in [6.45, 7) is 8.34. The standard InChI is InChI=1S/C16H23ClO2/c1-12(15(18)9-6-10-16(2,3)4)19-14-8-5-7-13(17)11-14/h5,7-8,11-12H,6,9-10H2,1-4H3. The van der Waals surface area contributed by atoms with Gasteiger partial charge in [-0.1, -0.05) is 38.4 Å².